The van der Waals surface area contributed by atoms with Gasteiger partial charge in [-0.05, 0) is 55.5 Å². The number of fused-ring (bicyclic) bond motifs is 1. The van der Waals surface area contributed by atoms with Crippen molar-refractivity contribution in [1.82, 2.24) is 9.97 Å². The van der Waals surface area contributed by atoms with Gasteiger partial charge in [0.2, 0.25) is 5.95 Å². The highest BCUT2D eigenvalue weighted by Crippen LogP contribution is 2.54. The number of hydrogen-bond donors (Lipinski definition) is 1. The third-order valence-corrected chi connectivity index (χ3v) is 5.97. The van der Waals surface area contributed by atoms with Crippen LogP contribution in [0.4, 0.5) is 10.7 Å². The number of carbonyl (C=O) groups is 1. The summed E-state index contributed by atoms with van der Waals surface area (Å²) in [6.45, 7) is 3.27. The highest BCUT2D eigenvalue weighted by molar-refractivity contribution is 5.65. The monoisotopic (exact) mass is 393 g/mol. The van der Waals surface area contributed by atoms with Crippen molar-refractivity contribution in [3.63, 3.8) is 0 Å². The highest BCUT2D eigenvalue weighted by atomic mass is 16.6. The molecule has 2 N–H and O–H groups in total. The molecule has 1 aliphatic carbocycles. The van der Waals surface area contributed by atoms with E-state index in [-0.39, 0.29) is 5.41 Å². The maximum atomic E-state index is 11.6. The zero-order chi connectivity index (χ0) is 20.6. The minimum absolute atomic E-state index is 0.220. The molecule has 0 bridgehead atoms. The van der Waals surface area contributed by atoms with Crippen LogP contribution in [-0.4, -0.2) is 36.3 Å². The first-order valence-electron chi connectivity index (χ1n) is 9.58. The van der Waals surface area contributed by atoms with Crippen LogP contribution >= 0.6 is 0 Å². The molecule has 1 aromatic carbocycles. The second-order valence-corrected chi connectivity index (χ2v) is 7.71. The molecule has 1 atom stereocenters. The van der Waals surface area contributed by atoms with Gasteiger partial charge in [-0.15, -0.1) is 0 Å². The van der Waals surface area contributed by atoms with Crippen molar-refractivity contribution >= 4 is 12.0 Å². The number of aromatic nitrogens is 2. The number of nitrogens with zero attached hydrogens (tertiary/aromatic N) is 4. The first-order chi connectivity index (χ1) is 13.9. The fourth-order valence-corrected chi connectivity index (χ4v) is 4.55. The number of carbonyl (C=O) groups excluding carboxylic acids is 1. The minimum Gasteiger partial charge on any atom is -0.497 e. The summed E-state index contributed by atoms with van der Waals surface area (Å²) < 4.78 is 11.0. The summed E-state index contributed by atoms with van der Waals surface area (Å²) in [5.41, 5.74) is 8.44. The Labute approximate surface area is 169 Å². The Bertz CT molecular complexity index is 992. The Balaban J connectivity index is 1.60. The summed E-state index contributed by atoms with van der Waals surface area (Å²) in [6, 6.07) is 9.66. The molecule has 1 saturated heterocycles. The normalized spacial score (nSPS) is 19.5. The molecule has 8 nitrogen and oxygen atoms in total. The third kappa shape index (κ3) is 3.44. The summed E-state index contributed by atoms with van der Waals surface area (Å²) in [7, 11) is 1.62. The number of anilines is 1. The molecule has 150 valence electrons. The maximum absolute atomic E-state index is 11.6. The minimum atomic E-state index is -0.770. The predicted molar refractivity (Wildman–Crippen MR) is 105 cm³/mol. The summed E-state index contributed by atoms with van der Waals surface area (Å²) in [5, 5.41) is 9.18. The van der Waals surface area contributed by atoms with Crippen molar-refractivity contribution in [2.45, 2.75) is 32.3 Å². The van der Waals surface area contributed by atoms with E-state index in [9.17, 15) is 10.1 Å². The average molecular weight is 393 g/mol. The molecule has 4 rings (SSSR count). The quantitative estimate of drug-likeness (QED) is 0.852. The molecule has 0 radical (unpaired) electrons. The van der Waals surface area contributed by atoms with Crippen LogP contribution in [0.25, 0.3) is 0 Å². The summed E-state index contributed by atoms with van der Waals surface area (Å²) >= 11 is 0. The van der Waals surface area contributed by atoms with Gasteiger partial charge in [-0.2, -0.15) is 5.26 Å². The van der Waals surface area contributed by atoms with Gasteiger partial charge < -0.3 is 20.1 Å². The number of rotatable bonds is 3. The molecule has 0 unspecified atom stereocenters. The Morgan fingerprint density at radius 2 is 2.07 bits per heavy atom. The molecule has 2 aliphatic rings. The summed E-state index contributed by atoms with van der Waals surface area (Å²) in [6.07, 6.45) is 1.23. The maximum Gasteiger partial charge on any atom is 0.405 e. The van der Waals surface area contributed by atoms with E-state index in [4.69, 9.17) is 15.2 Å². The fourth-order valence-electron chi connectivity index (χ4n) is 4.55. The van der Waals surface area contributed by atoms with Crippen LogP contribution in [0.3, 0.4) is 0 Å². The number of primary amides is 1. The van der Waals surface area contributed by atoms with Crippen LogP contribution in [0.5, 0.6) is 5.75 Å². The molecule has 1 amide bonds. The summed E-state index contributed by atoms with van der Waals surface area (Å²) in [5.74, 6) is 1.30. The lowest BCUT2D eigenvalue weighted by atomic mass is 9.74. The molecule has 1 aromatic heterocycles. The van der Waals surface area contributed by atoms with Gasteiger partial charge in [0.1, 0.15) is 23.6 Å². The Morgan fingerprint density at radius 1 is 1.31 bits per heavy atom. The van der Waals surface area contributed by atoms with Gasteiger partial charge >= 0.3 is 6.09 Å². The second-order valence-electron chi connectivity index (χ2n) is 7.71. The zero-order valence-electron chi connectivity index (χ0n) is 16.5. The van der Waals surface area contributed by atoms with Crippen LogP contribution in [0.1, 0.15) is 41.5 Å². The van der Waals surface area contributed by atoms with E-state index in [0.717, 1.165) is 41.8 Å². The predicted octanol–water partition coefficient (Wildman–Crippen LogP) is 2.64. The topological polar surface area (TPSA) is 114 Å². The molecule has 8 heteroatoms. The first kappa shape index (κ1) is 19.0. The largest absolute Gasteiger partial charge is 0.497 e. The lowest BCUT2D eigenvalue weighted by Crippen LogP contribution is -2.44. The van der Waals surface area contributed by atoms with Gasteiger partial charge in [0, 0.05) is 24.2 Å². The van der Waals surface area contributed by atoms with Crippen LogP contribution in [0, 0.1) is 23.7 Å². The number of methoxy groups -OCH3 is 1. The van der Waals surface area contributed by atoms with E-state index in [1.807, 2.05) is 25.1 Å². The van der Waals surface area contributed by atoms with E-state index in [2.05, 4.69) is 20.9 Å². The Morgan fingerprint density at radius 3 is 2.72 bits per heavy atom. The van der Waals surface area contributed by atoms with Crippen molar-refractivity contribution in [2.75, 3.05) is 25.1 Å². The van der Waals surface area contributed by atoms with Crippen LogP contribution in [0.2, 0.25) is 0 Å². The number of hydrogen-bond acceptors (Lipinski definition) is 7. The molecule has 2 aromatic rings. The van der Waals surface area contributed by atoms with Crippen LogP contribution in [0.15, 0.2) is 24.3 Å². The van der Waals surface area contributed by atoms with Gasteiger partial charge in [0.15, 0.2) is 0 Å². The van der Waals surface area contributed by atoms with E-state index in [0.29, 0.717) is 24.7 Å². The van der Waals surface area contributed by atoms with Gasteiger partial charge in [0.25, 0.3) is 0 Å². The van der Waals surface area contributed by atoms with Gasteiger partial charge in [-0.1, -0.05) is 6.07 Å². The van der Waals surface area contributed by atoms with Gasteiger partial charge in [-0.3, -0.25) is 0 Å². The second kappa shape index (κ2) is 7.24. The van der Waals surface area contributed by atoms with Crippen LogP contribution < -0.4 is 15.4 Å². The Hall–Kier alpha value is -3.34. The van der Waals surface area contributed by atoms with Crippen molar-refractivity contribution in [1.29, 1.82) is 5.26 Å². The van der Waals surface area contributed by atoms with E-state index < -0.39 is 12.2 Å². The molecular formula is C21H23N5O3. The van der Waals surface area contributed by atoms with Crippen molar-refractivity contribution in [2.24, 2.45) is 11.1 Å². The lowest BCUT2D eigenvalue weighted by Gasteiger charge is -2.42. The number of ether oxygens (including phenoxy) is 2. The average Bonchev–Trinajstić information content (AvgIpc) is 2.99. The number of nitrogens with two attached hydrogens (primary N) is 1. The molecule has 0 saturated carbocycles. The fraction of sp³-hybridized carbons (Fsp3) is 0.429. The van der Waals surface area contributed by atoms with E-state index >= 15 is 0 Å². The van der Waals surface area contributed by atoms with Crippen LogP contribution in [-0.2, 0) is 11.2 Å². The molecule has 1 spiro atoms. The smallest absolute Gasteiger partial charge is 0.405 e. The Kier molecular flexibility index (Phi) is 4.74. The number of benzene rings is 1. The molecule has 1 aliphatic heterocycles. The zero-order valence-corrected chi connectivity index (χ0v) is 16.5. The summed E-state index contributed by atoms with van der Waals surface area (Å²) in [4.78, 5) is 22.6. The van der Waals surface area contributed by atoms with E-state index in [1.165, 1.54) is 0 Å². The molecule has 29 heavy (non-hydrogen) atoms. The van der Waals surface area contributed by atoms with Crippen molar-refractivity contribution in [3.05, 3.63) is 46.8 Å². The van der Waals surface area contributed by atoms with Gasteiger partial charge in [0.05, 0.1) is 7.11 Å². The number of piperidine rings is 1. The number of amides is 1. The number of aryl methyl sites for hydroxylation is 1. The van der Waals surface area contributed by atoms with Crippen molar-refractivity contribution < 1.29 is 14.3 Å². The molecule has 2 heterocycles. The number of nitriles is 1. The SMILES string of the molecule is COc1ccc2c(c1)[C@@H](OC(N)=O)C1(CCN(c3nc(C)cc(C#N)n3)CC1)C2. The first-order valence-corrected chi connectivity index (χ1v) is 9.58. The highest BCUT2D eigenvalue weighted by Gasteiger charge is 2.50. The van der Waals surface area contributed by atoms with Crippen molar-refractivity contribution in [3.8, 4) is 11.8 Å². The lowest BCUT2D eigenvalue weighted by molar-refractivity contribution is 0.00402. The van der Waals surface area contributed by atoms with E-state index in [1.54, 1.807) is 13.2 Å². The third-order valence-electron chi connectivity index (χ3n) is 5.97. The standard InChI is InChI=1S/C21H23N5O3/c1-13-9-15(12-22)25-20(24-13)26-7-5-21(6-8-26)11-14-3-4-16(28-2)10-17(14)18(21)29-19(23)27/h3-4,9-10,18H,5-8,11H2,1-2H3,(H2,23,27)/t18-/m1/s1. The van der Waals surface area contributed by atoms with Gasteiger partial charge in [-0.25, -0.2) is 14.8 Å². The molecule has 1 fully saturated rings. The molecular weight excluding hydrogens is 370 g/mol.